The highest BCUT2D eigenvalue weighted by atomic mass is 35.5. The number of carbonyl (C=O) groups is 1. The van der Waals surface area contributed by atoms with Gasteiger partial charge in [0.25, 0.3) is 5.91 Å². The van der Waals surface area contributed by atoms with Crippen LogP contribution in [0.2, 0.25) is 5.02 Å². The number of fused-ring (bicyclic) bond motifs is 1. The van der Waals surface area contributed by atoms with Crippen molar-refractivity contribution in [3.05, 3.63) is 83.0 Å². The van der Waals surface area contributed by atoms with Crippen LogP contribution in [0.25, 0.3) is 17.0 Å². The van der Waals surface area contributed by atoms with Crippen molar-refractivity contribution in [2.75, 3.05) is 5.32 Å². The number of nitrogens with zero attached hydrogens (tertiary/aromatic N) is 3. The first-order valence-corrected chi connectivity index (χ1v) is 8.48. The number of carbonyl (C=O) groups excluding carboxylic acids is 1. The number of hydrogen-bond donors (Lipinski definition) is 1. The zero-order chi connectivity index (χ0) is 18.1. The Balaban J connectivity index is 1.73. The molecule has 0 saturated heterocycles. The van der Waals surface area contributed by atoms with Gasteiger partial charge in [-0.15, -0.1) is 10.2 Å². The zero-order valence-electron chi connectivity index (χ0n) is 14.0. The van der Waals surface area contributed by atoms with Gasteiger partial charge in [-0.3, -0.25) is 9.20 Å². The third kappa shape index (κ3) is 2.93. The van der Waals surface area contributed by atoms with E-state index in [0.717, 1.165) is 11.1 Å². The summed E-state index contributed by atoms with van der Waals surface area (Å²) in [7, 11) is 0. The molecular weight excluding hydrogens is 348 g/mol. The molecule has 1 amide bonds. The quantitative estimate of drug-likeness (QED) is 0.579. The molecule has 0 atom stereocenters. The Hall–Kier alpha value is -3.18. The summed E-state index contributed by atoms with van der Waals surface area (Å²) in [6.07, 6.45) is 1.85. The first-order chi connectivity index (χ1) is 12.6. The average molecular weight is 363 g/mol. The molecule has 2 aromatic carbocycles. The lowest BCUT2D eigenvalue weighted by Crippen LogP contribution is -2.14. The summed E-state index contributed by atoms with van der Waals surface area (Å²) in [6.45, 7) is 1.90. The fourth-order valence-electron chi connectivity index (χ4n) is 2.83. The van der Waals surface area contributed by atoms with E-state index >= 15 is 0 Å². The molecule has 6 heteroatoms. The minimum atomic E-state index is -0.243. The van der Waals surface area contributed by atoms with Crippen LogP contribution in [0, 0.1) is 6.92 Å². The maximum Gasteiger partial charge on any atom is 0.259 e. The van der Waals surface area contributed by atoms with Crippen molar-refractivity contribution < 1.29 is 4.79 Å². The molecule has 0 aliphatic heterocycles. The van der Waals surface area contributed by atoms with Gasteiger partial charge < -0.3 is 5.32 Å². The standard InChI is InChI=1S/C20H15ClN4O/c1-13-12-15(21)9-10-17(13)22-20(26)16-8-5-11-25-18(23-24-19(16)25)14-6-3-2-4-7-14/h2-12H,1H3,(H,22,26). The van der Waals surface area contributed by atoms with Gasteiger partial charge in [0.05, 0.1) is 5.56 Å². The molecule has 4 rings (SSSR count). The van der Waals surface area contributed by atoms with Crippen LogP contribution in [0.5, 0.6) is 0 Å². The van der Waals surface area contributed by atoms with E-state index in [1.807, 2.05) is 60.0 Å². The average Bonchev–Trinajstić information content (AvgIpc) is 3.09. The normalized spacial score (nSPS) is 10.8. The van der Waals surface area contributed by atoms with Crippen molar-refractivity contribution in [3.8, 4) is 11.4 Å². The summed E-state index contributed by atoms with van der Waals surface area (Å²) >= 11 is 5.98. The number of rotatable bonds is 3. The first-order valence-electron chi connectivity index (χ1n) is 8.10. The highest BCUT2D eigenvalue weighted by Crippen LogP contribution is 2.23. The monoisotopic (exact) mass is 362 g/mol. The van der Waals surface area contributed by atoms with Crippen molar-refractivity contribution >= 4 is 28.8 Å². The number of pyridine rings is 1. The molecule has 2 heterocycles. The van der Waals surface area contributed by atoms with Gasteiger partial charge in [0.1, 0.15) is 0 Å². The van der Waals surface area contributed by atoms with Gasteiger partial charge >= 0.3 is 0 Å². The number of amides is 1. The Labute approximate surface area is 155 Å². The Morgan fingerprint density at radius 1 is 1.04 bits per heavy atom. The van der Waals surface area contributed by atoms with E-state index in [1.54, 1.807) is 18.2 Å². The number of aromatic nitrogens is 3. The lowest BCUT2D eigenvalue weighted by Gasteiger charge is -2.09. The summed E-state index contributed by atoms with van der Waals surface area (Å²) in [4.78, 5) is 12.8. The van der Waals surface area contributed by atoms with Crippen LogP contribution in [0.15, 0.2) is 66.9 Å². The zero-order valence-corrected chi connectivity index (χ0v) is 14.7. The molecule has 26 heavy (non-hydrogen) atoms. The molecule has 0 radical (unpaired) electrons. The molecular formula is C20H15ClN4O. The minimum absolute atomic E-state index is 0.243. The van der Waals surface area contributed by atoms with Crippen molar-refractivity contribution in [1.82, 2.24) is 14.6 Å². The van der Waals surface area contributed by atoms with E-state index in [2.05, 4.69) is 15.5 Å². The van der Waals surface area contributed by atoms with Crippen LogP contribution in [-0.4, -0.2) is 20.5 Å². The summed E-state index contributed by atoms with van der Waals surface area (Å²) < 4.78 is 1.82. The van der Waals surface area contributed by atoms with E-state index in [1.165, 1.54) is 0 Å². The number of aryl methyl sites for hydroxylation is 1. The SMILES string of the molecule is Cc1cc(Cl)ccc1NC(=O)c1cccn2c(-c3ccccc3)nnc12. The van der Waals surface area contributed by atoms with Crippen LogP contribution < -0.4 is 5.32 Å². The Morgan fingerprint density at radius 2 is 1.85 bits per heavy atom. The highest BCUT2D eigenvalue weighted by Gasteiger charge is 2.16. The first kappa shape index (κ1) is 16.3. The second kappa shape index (κ2) is 6.61. The molecule has 5 nitrogen and oxygen atoms in total. The summed E-state index contributed by atoms with van der Waals surface area (Å²) in [6, 6.07) is 18.6. The third-order valence-corrected chi connectivity index (χ3v) is 4.38. The molecule has 0 unspecified atom stereocenters. The molecule has 1 N–H and O–H groups in total. The number of hydrogen-bond acceptors (Lipinski definition) is 3. The van der Waals surface area contributed by atoms with Gasteiger partial charge in [-0.25, -0.2) is 0 Å². The summed E-state index contributed by atoms with van der Waals surface area (Å²) in [5.74, 6) is 0.450. The molecule has 4 aromatic rings. The second-order valence-corrected chi connectivity index (χ2v) is 6.35. The Kier molecular flexibility index (Phi) is 4.14. The molecule has 128 valence electrons. The highest BCUT2D eigenvalue weighted by molar-refractivity contribution is 6.30. The van der Waals surface area contributed by atoms with Crippen molar-refractivity contribution in [2.45, 2.75) is 6.92 Å². The number of nitrogens with one attached hydrogen (secondary N) is 1. The smallest absolute Gasteiger partial charge is 0.259 e. The number of halogens is 1. The van der Waals surface area contributed by atoms with Gasteiger partial charge in [-0.2, -0.15) is 0 Å². The Bertz CT molecular complexity index is 1110. The topological polar surface area (TPSA) is 59.3 Å². The van der Waals surface area contributed by atoms with Gasteiger partial charge in [-0.05, 0) is 42.8 Å². The molecule has 0 bridgehead atoms. The molecule has 0 fully saturated rings. The van der Waals surface area contributed by atoms with Gasteiger partial charge in [0.2, 0.25) is 0 Å². The van der Waals surface area contributed by atoms with E-state index in [0.29, 0.717) is 27.7 Å². The summed E-state index contributed by atoms with van der Waals surface area (Å²) in [5, 5.41) is 12.0. The van der Waals surface area contributed by atoms with E-state index in [9.17, 15) is 4.79 Å². The van der Waals surface area contributed by atoms with Gasteiger partial charge in [0.15, 0.2) is 11.5 Å². The van der Waals surface area contributed by atoms with Crippen LogP contribution in [0.4, 0.5) is 5.69 Å². The molecule has 2 aromatic heterocycles. The molecule has 0 spiro atoms. The largest absolute Gasteiger partial charge is 0.322 e. The van der Waals surface area contributed by atoms with Crippen LogP contribution in [0.3, 0.4) is 0 Å². The second-order valence-electron chi connectivity index (χ2n) is 5.92. The molecule has 0 aliphatic carbocycles. The predicted molar refractivity (Wildman–Crippen MR) is 103 cm³/mol. The molecule has 0 aliphatic rings. The third-order valence-electron chi connectivity index (χ3n) is 4.15. The van der Waals surface area contributed by atoms with Crippen molar-refractivity contribution in [1.29, 1.82) is 0 Å². The lowest BCUT2D eigenvalue weighted by atomic mass is 10.2. The minimum Gasteiger partial charge on any atom is -0.322 e. The van der Waals surface area contributed by atoms with Gasteiger partial charge in [-0.1, -0.05) is 41.9 Å². The maximum absolute atomic E-state index is 12.8. The van der Waals surface area contributed by atoms with Crippen LogP contribution >= 0.6 is 11.6 Å². The van der Waals surface area contributed by atoms with E-state index < -0.39 is 0 Å². The maximum atomic E-state index is 12.8. The predicted octanol–water partition coefficient (Wildman–Crippen LogP) is 4.61. The van der Waals surface area contributed by atoms with Crippen LogP contribution in [-0.2, 0) is 0 Å². The summed E-state index contributed by atoms with van der Waals surface area (Å²) in [5.41, 5.74) is 3.51. The van der Waals surface area contributed by atoms with Crippen molar-refractivity contribution in [2.24, 2.45) is 0 Å². The fourth-order valence-corrected chi connectivity index (χ4v) is 3.06. The van der Waals surface area contributed by atoms with Crippen LogP contribution in [0.1, 0.15) is 15.9 Å². The number of anilines is 1. The fraction of sp³-hybridized carbons (Fsp3) is 0.0500. The van der Waals surface area contributed by atoms with E-state index in [4.69, 9.17) is 11.6 Å². The van der Waals surface area contributed by atoms with E-state index in [-0.39, 0.29) is 5.91 Å². The lowest BCUT2D eigenvalue weighted by molar-refractivity contribution is 0.102. The Morgan fingerprint density at radius 3 is 2.62 bits per heavy atom. The van der Waals surface area contributed by atoms with Gasteiger partial charge in [0, 0.05) is 22.5 Å². The molecule has 0 saturated carbocycles. The van der Waals surface area contributed by atoms with Crippen molar-refractivity contribution in [3.63, 3.8) is 0 Å². The number of benzene rings is 2.